The molecule has 1 fully saturated rings. The highest BCUT2D eigenvalue weighted by atomic mass is 32.2. The van der Waals surface area contributed by atoms with Gasteiger partial charge in [-0.15, -0.1) is 10.2 Å². The fourth-order valence-corrected chi connectivity index (χ4v) is 2.68. The van der Waals surface area contributed by atoms with Gasteiger partial charge in [-0.3, -0.25) is 0 Å². The maximum atomic E-state index is 12.5. The number of aromatic nitrogens is 3. The molecule has 9 heteroatoms. The second-order valence-electron chi connectivity index (χ2n) is 4.24. The normalized spacial score (nSPS) is 17.2. The molecule has 0 radical (unpaired) electrons. The van der Waals surface area contributed by atoms with E-state index in [1.165, 1.54) is 6.07 Å². The summed E-state index contributed by atoms with van der Waals surface area (Å²) in [5.74, 6) is -1.80. The van der Waals surface area contributed by atoms with Crippen LogP contribution in [-0.4, -0.2) is 26.7 Å². The molecule has 104 valence electrons. The lowest BCUT2D eigenvalue weighted by Gasteiger charge is -2.13. The van der Waals surface area contributed by atoms with Crippen molar-refractivity contribution in [2.75, 3.05) is 5.75 Å². The van der Waals surface area contributed by atoms with Gasteiger partial charge in [0.15, 0.2) is 11.1 Å². The maximum Gasteiger partial charge on any atom is 0.405 e. The van der Waals surface area contributed by atoms with Crippen LogP contribution in [0.2, 0.25) is 0 Å². The van der Waals surface area contributed by atoms with Crippen LogP contribution in [-0.2, 0) is 6.54 Å². The largest absolute Gasteiger partial charge is 0.405 e. The zero-order valence-electron chi connectivity index (χ0n) is 9.89. The third-order valence-corrected chi connectivity index (χ3v) is 3.80. The molecule has 1 atom stereocenters. The number of nitrogens with zero attached hydrogens (tertiary/aromatic N) is 4. The highest BCUT2D eigenvalue weighted by molar-refractivity contribution is 7.99. The molecule has 19 heavy (non-hydrogen) atoms. The van der Waals surface area contributed by atoms with E-state index in [9.17, 15) is 13.2 Å². The van der Waals surface area contributed by atoms with Crippen LogP contribution in [0, 0.1) is 17.2 Å². The summed E-state index contributed by atoms with van der Waals surface area (Å²) in [7, 11) is 0. The summed E-state index contributed by atoms with van der Waals surface area (Å²) in [6.07, 6.45) is -2.60. The first-order valence-corrected chi connectivity index (χ1v) is 6.69. The summed E-state index contributed by atoms with van der Waals surface area (Å²) < 4.78 is 39.2. The van der Waals surface area contributed by atoms with E-state index in [4.69, 9.17) is 11.0 Å². The minimum Gasteiger partial charge on any atom is -0.324 e. The molecule has 1 aliphatic rings. The molecule has 1 unspecified atom stereocenters. The van der Waals surface area contributed by atoms with Crippen LogP contribution in [0.3, 0.4) is 0 Å². The second-order valence-corrected chi connectivity index (χ2v) is 5.23. The minimum absolute atomic E-state index is 0.199. The Morgan fingerprint density at radius 3 is 2.63 bits per heavy atom. The van der Waals surface area contributed by atoms with E-state index in [2.05, 4.69) is 10.2 Å². The molecule has 0 bridgehead atoms. The first-order chi connectivity index (χ1) is 8.97. The number of alkyl halides is 3. The van der Waals surface area contributed by atoms with Crippen LogP contribution < -0.4 is 5.73 Å². The Kier molecular flexibility index (Phi) is 4.01. The van der Waals surface area contributed by atoms with Gasteiger partial charge in [-0.05, 0) is 12.8 Å². The zero-order chi connectivity index (χ0) is 14.0. The molecule has 1 heterocycles. The summed E-state index contributed by atoms with van der Waals surface area (Å²) in [6.45, 7) is 0.199. The summed E-state index contributed by atoms with van der Waals surface area (Å²) in [5.41, 5.74) is 5.52. The predicted molar refractivity (Wildman–Crippen MR) is 62.1 cm³/mol. The monoisotopic (exact) mass is 291 g/mol. The Balaban J connectivity index is 2.08. The van der Waals surface area contributed by atoms with Gasteiger partial charge in [0.1, 0.15) is 5.82 Å². The quantitative estimate of drug-likeness (QED) is 0.838. The molecule has 2 N–H and O–H groups in total. The number of halogens is 3. The number of thioether (sulfide) groups is 1. The van der Waals surface area contributed by atoms with Crippen molar-refractivity contribution in [1.29, 1.82) is 5.26 Å². The van der Waals surface area contributed by atoms with Crippen molar-refractivity contribution in [2.45, 2.75) is 36.8 Å². The highest BCUT2D eigenvalue weighted by Gasteiger charge is 2.40. The number of rotatable bonds is 5. The average Bonchev–Trinajstić information content (AvgIpc) is 3.09. The van der Waals surface area contributed by atoms with E-state index in [1.807, 2.05) is 0 Å². The van der Waals surface area contributed by atoms with Gasteiger partial charge in [0.05, 0.1) is 12.6 Å². The minimum atomic E-state index is -4.51. The van der Waals surface area contributed by atoms with E-state index >= 15 is 0 Å². The van der Waals surface area contributed by atoms with Crippen LogP contribution in [0.15, 0.2) is 5.16 Å². The zero-order valence-corrected chi connectivity index (χ0v) is 10.7. The maximum absolute atomic E-state index is 12.5. The van der Waals surface area contributed by atoms with Crippen molar-refractivity contribution in [3.8, 4) is 6.07 Å². The van der Waals surface area contributed by atoms with Crippen molar-refractivity contribution in [3.63, 3.8) is 0 Å². The predicted octanol–water partition coefficient (Wildman–Crippen LogP) is 1.87. The van der Waals surface area contributed by atoms with E-state index in [0.717, 1.165) is 24.6 Å². The van der Waals surface area contributed by atoms with Crippen molar-refractivity contribution in [1.82, 2.24) is 14.8 Å². The summed E-state index contributed by atoms with van der Waals surface area (Å²) >= 11 is 0.902. The van der Waals surface area contributed by atoms with Crippen LogP contribution in [0.1, 0.15) is 24.7 Å². The van der Waals surface area contributed by atoms with Crippen LogP contribution in [0.5, 0.6) is 0 Å². The third kappa shape index (κ3) is 3.19. The van der Waals surface area contributed by atoms with Crippen molar-refractivity contribution in [2.24, 2.45) is 11.7 Å². The molecule has 1 aromatic rings. The molecule has 0 amide bonds. The number of nitriles is 1. The van der Waals surface area contributed by atoms with Gasteiger partial charge in [-0.1, -0.05) is 11.8 Å². The summed E-state index contributed by atoms with van der Waals surface area (Å²) in [4.78, 5) is 0. The van der Waals surface area contributed by atoms with Gasteiger partial charge in [-0.25, -0.2) is 0 Å². The third-order valence-electron chi connectivity index (χ3n) is 2.76. The lowest BCUT2D eigenvalue weighted by Crippen LogP contribution is -2.23. The molecular formula is C10H12F3N5S. The molecule has 1 aliphatic carbocycles. The van der Waals surface area contributed by atoms with Crippen LogP contribution in [0.4, 0.5) is 13.2 Å². The summed E-state index contributed by atoms with van der Waals surface area (Å²) in [6, 6.07) is 1.51. The Hall–Kier alpha value is -1.27. The Morgan fingerprint density at radius 2 is 2.16 bits per heavy atom. The standard InChI is InChI=1S/C10H12F3N5S/c11-10(12,13)6(3-14)5-19-9-17-16-8(4-15)18(9)7-1-2-7/h6-7H,1-2,4-5,15H2. The molecule has 2 rings (SSSR count). The molecule has 0 aliphatic heterocycles. The summed E-state index contributed by atoms with van der Waals surface area (Å²) in [5, 5.41) is 16.7. The van der Waals surface area contributed by atoms with Crippen LogP contribution in [0.25, 0.3) is 0 Å². The lowest BCUT2D eigenvalue weighted by molar-refractivity contribution is -0.152. The number of hydrogen-bond donors (Lipinski definition) is 1. The number of hydrogen-bond acceptors (Lipinski definition) is 5. The van der Waals surface area contributed by atoms with Crippen molar-refractivity contribution < 1.29 is 13.2 Å². The van der Waals surface area contributed by atoms with Crippen LogP contribution >= 0.6 is 11.8 Å². The van der Waals surface area contributed by atoms with E-state index in [-0.39, 0.29) is 18.3 Å². The Bertz CT molecular complexity index is 488. The van der Waals surface area contributed by atoms with E-state index < -0.39 is 12.1 Å². The second kappa shape index (κ2) is 5.38. The fourth-order valence-electron chi connectivity index (χ4n) is 1.61. The lowest BCUT2D eigenvalue weighted by atomic mass is 10.2. The number of nitrogens with two attached hydrogens (primary N) is 1. The van der Waals surface area contributed by atoms with Crippen molar-refractivity contribution in [3.05, 3.63) is 5.82 Å². The van der Waals surface area contributed by atoms with Gasteiger partial charge >= 0.3 is 6.18 Å². The molecule has 5 nitrogen and oxygen atoms in total. The molecule has 1 aromatic heterocycles. The van der Waals surface area contributed by atoms with Gasteiger partial charge in [0.2, 0.25) is 0 Å². The molecule has 0 saturated heterocycles. The SMILES string of the molecule is N#CC(CSc1nnc(CN)n1C1CC1)C(F)(F)F. The van der Waals surface area contributed by atoms with E-state index in [1.54, 1.807) is 4.57 Å². The first kappa shape index (κ1) is 14.1. The fraction of sp³-hybridized carbons (Fsp3) is 0.700. The van der Waals surface area contributed by atoms with Gasteiger partial charge in [0.25, 0.3) is 0 Å². The topological polar surface area (TPSA) is 80.5 Å². The first-order valence-electron chi connectivity index (χ1n) is 5.70. The van der Waals surface area contributed by atoms with Gasteiger partial charge in [-0.2, -0.15) is 18.4 Å². The highest BCUT2D eigenvalue weighted by Crippen LogP contribution is 2.39. The van der Waals surface area contributed by atoms with E-state index in [0.29, 0.717) is 11.0 Å². The van der Waals surface area contributed by atoms with Gasteiger partial charge < -0.3 is 10.3 Å². The Labute approximate surface area is 112 Å². The van der Waals surface area contributed by atoms with Crippen molar-refractivity contribution >= 4 is 11.8 Å². The molecule has 1 saturated carbocycles. The molecular weight excluding hydrogens is 279 g/mol. The Morgan fingerprint density at radius 1 is 1.47 bits per heavy atom. The van der Waals surface area contributed by atoms with Gasteiger partial charge in [0, 0.05) is 11.8 Å². The molecule has 0 spiro atoms. The average molecular weight is 291 g/mol. The molecule has 0 aromatic carbocycles. The smallest absolute Gasteiger partial charge is 0.324 e.